The Kier molecular flexibility index (Phi) is 4.20. The van der Waals surface area contributed by atoms with Crippen molar-refractivity contribution in [3.63, 3.8) is 0 Å². The number of fused-ring (bicyclic) bond motifs is 1. The van der Waals surface area contributed by atoms with Crippen molar-refractivity contribution in [2.75, 3.05) is 13.7 Å². The molecule has 0 aromatic heterocycles. The molecule has 0 amide bonds. The maximum absolute atomic E-state index is 9.02. The van der Waals surface area contributed by atoms with Crippen molar-refractivity contribution < 1.29 is 14.7 Å². The number of hydrogen-bond acceptors (Lipinski definition) is 4. The number of oxime groups is 1. The highest BCUT2D eigenvalue weighted by atomic mass is 16.5. The summed E-state index contributed by atoms with van der Waals surface area (Å²) in [6.45, 7) is 2.52. The lowest BCUT2D eigenvalue weighted by molar-refractivity contribution is 0.0920. The normalized spacial score (nSPS) is 18.4. The Labute approximate surface area is 107 Å². The van der Waals surface area contributed by atoms with Gasteiger partial charge in [0, 0.05) is 12.7 Å². The predicted octanol–water partition coefficient (Wildman–Crippen LogP) is 2.61. The second kappa shape index (κ2) is 5.87. The van der Waals surface area contributed by atoms with Crippen molar-refractivity contribution in [1.29, 1.82) is 0 Å². The van der Waals surface area contributed by atoms with E-state index in [4.69, 9.17) is 14.7 Å². The van der Waals surface area contributed by atoms with E-state index in [9.17, 15) is 0 Å². The summed E-state index contributed by atoms with van der Waals surface area (Å²) in [4.78, 5) is 0. The summed E-state index contributed by atoms with van der Waals surface area (Å²) in [5.74, 6) is 0.793. The fourth-order valence-electron chi connectivity index (χ4n) is 2.30. The SMILES string of the molecule is COCC(C)Oc1ccc2c(c1)/C(=N\O)CCC2. The molecule has 18 heavy (non-hydrogen) atoms. The average Bonchev–Trinajstić information content (AvgIpc) is 2.38. The van der Waals surface area contributed by atoms with Gasteiger partial charge in [-0.3, -0.25) is 0 Å². The molecule has 0 saturated heterocycles. The molecule has 1 unspecified atom stereocenters. The zero-order valence-corrected chi connectivity index (χ0v) is 10.8. The number of ether oxygens (including phenoxy) is 2. The molecule has 0 aliphatic heterocycles. The van der Waals surface area contributed by atoms with Gasteiger partial charge in [0.2, 0.25) is 0 Å². The second-order valence-corrected chi connectivity index (χ2v) is 4.60. The smallest absolute Gasteiger partial charge is 0.120 e. The highest BCUT2D eigenvalue weighted by molar-refractivity contribution is 6.02. The van der Waals surface area contributed by atoms with Crippen molar-refractivity contribution in [2.45, 2.75) is 32.3 Å². The van der Waals surface area contributed by atoms with Gasteiger partial charge < -0.3 is 14.7 Å². The van der Waals surface area contributed by atoms with Gasteiger partial charge in [0.25, 0.3) is 0 Å². The van der Waals surface area contributed by atoms with Crippen LogP contribution in [-0.2, 0) is 11.2 Å². The molecule has 0 fully saturated rings. The van der Waals surface area contributed by atoms with Gasteiger partial charge in [-0.25, -0.2) is 0 Å². The molecule has 0 spiro atoms. The maximum Gasteiger partial charge on any atom is 0.120 e. The lowest BCUT2D eigenvalue weighted by Crippen LogP contribution is -2.19. The van der Waals surface area contributed by atoms with E-state index in [1.54, 1.807) is 7.11 Å². The third-order valence-corrected chi connectivity index (χ3v) is 3.11. The minimum absolute atomic E-state index is 0.00570. The molecule has 4 nitrogen and oxygen atoms in total. The Morgan fingerprint density at radius 2 is 2.22 bits per heavy atom. The van der Waals surface area contributed by atoms with Crippen molar-refractivity contribution >= 4 is 5.71 Å². The molecule has 2 rings (SSSR count). The first-order chi connectivity index (χ1) is 8.74. The predicted molar refractivity (Wildman–Crippen MR) is 69.7 cm³/mol. The van der Waals surface area contributed by atoms with E-state index in [0.717, 1.165) is 36.3 Å². The number of methoxy groups -OCH3 is 1. The van der Waals surface area contributed by atoms with E-state index in [-0.39, 0.29) is 6.10 Å². The molecule has 0 bridgehead atoms. The van der Waals surface area contributed by atoms with Crippen molar-refractivity contribution in [1.82, 2.24) is 0 Å². The number of rotatable bonds is 4. The molecule has 0 heterocycles. The van der Waals surface area contributed by atoms with Gasteiger partial charge in [0.05, 0.1) is 12.3 Å². The summed E-state index contributed by atoms with van der Waals surface area (Å²) < 4.78 is 10.8. The van der Waals surface area contributed by atoms with Crippen LogP contribution in [0.4, 0.5) is 0 Å². The van der Waals surface area contributed by atoms with E-state index < -0.39 is 0 Å². The standard InChI is InChI=1S/C14H19NO3/c1-10(9-17-2)18-12-7-6-11-4-3-5-14(15-16)13(11)8-12/h6-8,10,16H,3-5,9H2,1-2H3/b15-14-. The summed E-state index contributed by atoms with van der Waals surface area (Å²) >= 11 is 0. The minimum atomic E-state index is 0.00570. The van der Waals surface area contributed by atoms with Gasteiger partial charge in [0.1, 0.15) is 11.9 Å². The highest BCUT2D eigenvalue weighted by Gasteiger charge is 2.17. The van der Waals surface area contributed by atoms with Gasteiger partial charge in [-0.15, -0.1) is 0 Å². The monoisotopic (exact) mass is 249 g/mol. The summed E-state index contributed by atoms with van der Waals surface area (Å²) in [5.41, 5.74) is 2.98. The van der Waals surface area contributed by atoms with E-state index in [1.165, 1.54) is 5.56 Å². The lowest BCUT2D eigenvalue weighted by Gasteiger charge is -2.19. The van der Waals surface area contributed by atoms with Crippen molar-refractivity contribution in [2.24, 2.45) is 5.16 Å². The molecular formula is C14H19NO3. The summed E-state index contributed by atoms with van der Waals surface area (Å²) in [6.07, 6.45) is 2.89. The summed E-state index contributed by atoms with van der Waals surface area (Å²) in [5, 5.41) is 12.4. The van der Waals surface area contributed by atoms with Gasteiger partial charge in [-0.05, 0) is 43.9 Å². The Bertz CT molecular complexity index is 443. The van der Waals surface area contributed by atoms with Crippen LogP contribution in [0.1, 0.15) is 30.9 Å². The van der Waals surface area contributed by atoms with Crippen LogP contribution in [0, 0.1) is 0 Å². The average molecular weight is 249 g/mol. The fourth-order valence-corrected chi connectivity index (χ4v) is 2.30. The van der Waals surface area contributed by atoms with Crippen molar-refractivity contribution in [3.05, 3.63) is 29.3 Å². The molecular weight excluding hydrogens is 230 g/mol. The summed E-state index contributed by atoms with van der Waals surface area (Å²) in [7, 11) is 1.66. The second-order valence-electron chi connectivity index (χ2n) is 4.60. The Morgan fingerprint density at radius 3 is 2.94 bits per heavy atom. The van der Waals surface area contributed by atoms with Crippen LogP contribution in [0.2, 0.25) is 0 Å². The number of aryl methyl sites for hydroxylation is 1. The molecule has 1 aliphatic rings. The van der Waals surface area contributed by atoms with Crippen molar-refractivity contribution in [3.8, 4) is 5.75 Å². The summed E-state index contributed by atoms with van der Waals surface area (Å²) in [6, 6.07) is 5.97. The topological polar surface area (TPSA) is 51.0 Å². The Balaban J connectivity index is 2.20. The molecule has 4 heteroatoms. The largest absolute Gasteiger partial charge is 0.488 e. The minimum Gasteiger partial charge on any atom is -0.488 e. The van der Waals surface area contributed by atoms with E-state index in [2.05, 4.69) is 11.2 Å². The fraction of sp³-hybridized carbons (Fsp3) is 0.500. The van der Waals surface area contributed by atoms with Gasteiger partial charge >= 0.3 is 0 Å². The Hall–Kier alpha value is -1.55. The zero-order valence-electron chi connectivity index (χ0n) is 10.8. The van der Waals surface area contributed by atoms with E-state index in [0.29, 0.717) is 6.61 Å². The number of nitrogens with zero attached hydrogens (tertiary/aromatic N) is 1. The highest BCUT2D eigenvalue weighted by Crippen LogP contribution is 2.26. The molecule has 1 aromatic rings. The maximum atomic E-state index is 9.02. The van der Waals surface area contributed by atoms with Gasteiger partial charge in [0.15, 0.2) is 0 Å². The molecule has 1 N–H and O–H groups in total. The molecule has 1 aliphatic carbocycles. The number of benzene rings is 1. The molecule has 1 atom stereocenters. The quantitative estimate of drug-likeness (QED) is 0.659. The van der Waals surface area contributed by atoms with Gasteiger partial charge in [-0.2, -0.15) is 0 Å². The van der Waals surface area contributed by atoms with Crippen LogP contribution < -0.4 is 4.74 Å². The molecule has 98 valence electrons. The van der Waals surface area contributed by atoms with E-state index in [1.807, 2.05) is 19.1 Å². The van der Waals surface area contributed by atoms with Crippen LogP contribution in [0.3, 0.4) is 0 Å². The number of hydrogen-bond donors (Lipinski definition) is 1. The van der Waals surface area contributed by atoms with Crippen LogP contribution in [0.15, 0.2) is 23.4 Å². The zero-order chi connectivity index (χ0) is 13.0. The van der Waals surface area contributed by atoms with Crippen LogP contribution in [0.25, 0.3) is 0 Å². The molecule has 0 radical (unpaired) electrons. The first-order valence-corrected chi connectivity index (χ1v) is 6.24. The molecule has 1 aromatic carbocycles. The van der Waals surface area contributed by atoms with E-state index >= 15 is 0 Å². The molecule has 0 saturated carbocycles. The van der Waals surface area contributed by atoms with Gasteiger partial charge in [-0.1, -0.05) is 11.2 Å². The van der Waals surface area contributed by atoms with Crippen LogP contribution in [-0.4, -0.2) is 30.7 Å². The first-order valence-electron chi connectivity index (χ1n) is 6.24. The third kappa shape index (κ3) is 2.82. The van der Waals surface area contributed by atoms with Crippen LogP contribution in [0.5, 0.6) is 5.75 Å². The first kappa shape index (κ1) is 12.9. The van der Waals surface area contributed by atoms with Crippen LogP contribution >= 0.6 is 0 Å². The Morgan fingerprint density at radius 1 is 1.39 bits per heavy atom. The third-order valence-electron chi connectivity index (χ3n) is 3.11. The lowest BCUT2D eigenvalue weighted by atomic mass is 9.90.